The number of hydrogen-bond donors (Lipinski definition) is 2. The lowest BCUT2D eigenvalue weighted by atomic mass is 10.0. The molecule has 4 nitrogen and oxygen atoms in total. The van der Waals surface area contributed by atoms with Crippen molar-refractivity contribution in [1.29, 1.82) is 0 Å². The molecule has 0 heterocycles. The van der Waals surface area contributed by atoms with Crippen LogP contribution in [0.3, 0.4) is 0 Å². The number of benzene rings is 1. The van der Waals surface area contributed by atoms with Crippen LogP contribution in [0.5, 0.6) is 5.75 Å². The summed E-state index contributed by atoms with van der Waals surface area (Å²) >= 11 is 0. The smallest absolute Gasteiger partial charge is 0.191 e. The Morgan fingerprint density at radius 2 is 2.05 bits per heavy atom. The van der Waals surface area contributed by atoms with Crippen LogP contribution in [-0.4, -0.2) is 32.7 Å². The number of hydrogen-bond acceptors (Lipinski definition) is 2. The van der Waals surface area contributed by atoms with Crippen molar-refractivity contribution in [3.05, 3.63) is 29.8 Å². The Morgan fingerprint density at radius 1 is 1.32 bits per heavy atom. The van der Waals surface area contributed by atoms with Gasteiger partial charge in [-0.2, -0.15) is 0 Å². The zero-order chi connectivity index (χ0) is 15.1. The first-order valence-corrected chi connectivity index (χ1v) is 7.89. The number of ether oxygens (including phenoxy) is 1. The lowest BCUT2D eigenvalue weighted by molar-refractivity contribution is 0.407. The van der Waals surface area contributed by atoms with Crippen molar-refractivity contribution >= 4 is 29.9 Å². The van der Waals surface area contributed by atoms with Gasteiger partial charge in [-0.3, -0.25) is 4.99 Å². The van der Waals surface area contributed by atoms with Crippen LogP contribution in [0.2, 0.25) is 0 Å². The minimum absolute atomic E-state index is 0. The van der Waals surface area contributed by atoms with Crippen LogP contribution in [0, 0.1) is 5.92 Å². The topological polar surface area (TPSA) is 45.7 Å². The molecule has 0 amide bonds. The monoisotopic (exact) mass is 417 g/mol. The fourth-order valence-corrected chi connectivity index (χ4v) is 2.30. The second kappa shape index (κ2) is 9.92. The van der Waals surface area contributed by atoms with Crippen LogP contribution in [0.1, 0.15) is 38.2 Å². The third-order valence-corrected chi connectivity index (χ3v) is 3.79. The maximum atomic E-state index is 5.43. The normalized spacial score (nSPS) is 15.7. The molecule has 1 atom stereocenters. The fraction of sp³-hybridized carbons (Fsp3) is 0.588. The summed E-state index contributed by atoms with van der Waals surface area (Å²) in [6, 6.07) is 8.17. The molecule has 1 saturated carbocycles. The van der Waals surface area contributed by atoms with E-state index in [0.29, 0.717) is 5.92 Å². The molecule has 1 unspecified atom stereocenters. The van der Waals surface area contributed by atoms with Crippen molar-refractivity contribution in [2.24, 2.45) is 10.9 Å². The van der Waals surface area contributed by atoms with Crippen molar-refractivity contribution in [2.75, 3.05) is 26.7 Å². The second-order valence-corrected chi connectivity index (χ2v) is 5.69. The van der Waals surface area contributed by atoms with Crippen molar-refractivity contribution in [1.82, 2.24) is 10.6 Å². The third kappa shape index (κ3) is 6.02. The molecule has 0 aromatic heterocycles. The van der Waals surface area contributed by atoms with Gasteiger partial charge in [0.05, 0.1) is 7.11 Å². The molecule has 0 bridgehead atoms. The molecule has 0 saturated heterocycles. The Balaban J connectivity index is 0.00000242. The van der Waals surface area contributed by atoms with Gasteiger partial charge in [-0.1, -0.05) is 25.1 Å². The molecule has 124 valence electrons. The van der Waals surface area contributed by atoms with E-state index in [1.165, 1.54) is 18.4 Å². The van der Waals surface area contributed by atoms with Gasteiger partial charge in [0.2, 0.25) is 0 Å². The summed E-state index contributed by atoms with van der Waals surface area (Å²) in [5, 5.41) is 6.73. The molecule has 0 spiro atoms. The zero-order valence-corrected chi connectivity index (χ0v) is 16.1. The molecule has 2 N–H and O–H groups in total. The predicted molar refractivity (Wildman–Crippen MR) is 104 cm³/mol. The maximum Gasteiger partial charge on any atom is 0.191 e. The number of para-hydroxylation sites is 1. The molecule has 2 rings (SSSR count). The highest BCUT2D eigenvalue weighted by molar-refractivity contribution is 14.0. The highest BCUT2D eigenvalue weighted by Gasteiger charge is 2.21. The number of halogens is 1. The predicted octanol–water partition coefficient (Wildman–Crippen LogP) is 3.38. The van der Waals surface area contributed by atoms with Gasteiger partial charge in [0.1, 0.15) is 5.75 Å². The number of nitrogens with zero attached hydrogens (tertiary/aromatic N) is 1. The van der Waals surface area contributed by atoms with Gasteiger partial charge in [0, 0.05) is 25.6 Å². The summed E-state index contributed by atoms with van der Waals surface area (Å²) < 4.78 is 5.43. The van der Waals surface area contributed by atoms with Crippen LogP contribution >= 0.6 is 24.0 Å². The largest absolute Gasteiger partial charge is 0.496 e. The maximum absolute atomic E-state index is 5.43. The van der Waals surface area contributed by atoms with Crippen molar-refractivity contribution in [3.63, 3.8) is 0 Å². The molecule has 22 heavy (non-hydrogen) atoms. The van der Waals surface area contributed by atoms with Crippen LogP contribution < -0.4 is 15.4 Å². The van der Waals surface area contributed by atoms with Crippen molar-refractivity contribution in [2.45, 2.75) is 32.6 Å². The molecule has 1 aromatic carbocycles. The number of methoxy groups -OCH3 is 1. The quantitative estimate of drug-likeness (QED) is 0.406. The molecular formula is C17H28IN3O. The molecule has 1 aliphatic carbocycles. The highest BCUT2D eigenvalue weighted by Crippen LogP contribution is 2.28. The third-order valence-electron chi connectivity index (χ3n) is 3.79. The Labute approximate surface area is 151 Å². The number of nitrogens with one attached hydrogen (secondary N) is 2. The van der Waals surface area contributed by atoms with Crippen LogP contribution in [0.15, 0.2) is 29.3 Å². The number of guanidine groups is 1. The van der Waals surface area contributed by atoms with Gasteiger partial charge in [-0.25, -0.2) is 0 Å². The van der Waals surface area contributed by atoms with Gasteiger partial charge in [0.25, 0.3) is 0 Å². The lowest BCUT2D eigenvalue weighted by Gasteiger charge is -2.15. The lowest BCUT2D eigenvalue weighted by Crippen LogP contribution is -2.38. The van der Waals surface area contributed by atoms with Crippen LogP contribution in [-0.2, 0) is 0 Å². The molecule has 0 aliphatic heterocycles. The molecular weight excluding hydrogens is 389 g/mol. The van der Waals surface area contributed by atoms with E-state index in [1.807, 2.05) is 12.1 Å². The number of aliphatic imine (C=N–C) groups is 1. The van der Waals surface area contributed by atoms with E-state index in [2.05, 4.69) is 36.6 Å². The van der Waals surface area contributed by atoms with Gasteiger partial charge in [-0.15, -0.1) is 24.0 Å². The summed E-state index contributed by atoms with van der Waals surface area (Å²) in [5.41, 5.74) is 1.21. The molecule has 5 heteroatoms. The minimum atomic E-state index is 0. The summed E-state index contributed by atoms with van der Waals surface area (Å²) in [7, 11) is 1.72. The summed E-state index contributed by atoms with van der Waals surface area (Å²) in [4.78, 5) is 4.70. The molecule has 1 aliphatic rings. The average molecular weight is 417 g/mol. The Kier molecular flexibility index (Phi) is 8.60. The Morgan fingerprint density at radius 3 is 2.68 bits per heavy atom. The van der Waals surface area contributed by atoms with E-state index < -0.39 is 0 Å². The first-order valence-electron chi connectivity index (χ1n) is 7.89. The van der Waals surface area contributed by atoms with E-state index in [1.54, 1.807) is 7.11 Å². The van der Waals surface area contributed by atoms with Crippen molar-refractivity contribution in [3.8, 4) is 5.75 Å². The molecule has 1 aromatic rings. The van der Waals surface area contributed by atoms with E-state index in [0.717, 1.165) is 37.3 Å². The van der Waals surface area contributed by atoms with Crippen molar-refractivity contribution < 1.29 is 4.74 Å². The van der Waals surface area contributed by atoms with E-state index >= 15 is 0 Å². The van der Waals surface area contributed by atoms with Gasteiger partial charge >= 0.3 is 0 Å². The minimum Gasteiger partial charge on any atom is -0.496 e. The van der Waals surface area contributed by atoms with Crippen LogP contribution in [0.25, 0.3) is 0 Å². The summed E-state index contributed by atoms with van der Waals surface area (Å²) in [5.74, 6) is 3.04. The highest BCUT2D eigenvalue weighted by atomic mass is 127. The van der Waals surface area contributed by atoms with Gasteiger partial charge < -0.3 is 15.4 Å². The van der Waals surface area contributed by atoms with Gasteiger partial charge in [0.15, 0.2) is 5.96 Å². The SMILES string of the molecule is CCNC(=NCC(C)c1ccccc1OC)NCC1CC1.I. The van der Waals surface area contributed by atoms with Crippen LogP contribution in [0.4, 0.5) is 0 Å². The van der Waals surface area contributed by atoms with Gasteiger partial charge in [-0.05, 0) is 37.3 Å². The first-order chi connectivity index (χ1) is 10.2. The Hall–Kier alpha value is -0.980. The number of rotatable bonds is 7. The molecule has 0 radical (unpaired) electrons. The first kappa shape index (κ1) is 19.1. The average Bonchev–Trinajstić information content (AvgIpc) is 3.34. The van der Waals surface area contributed by atoms with E-state index in [9.17, 15) is 0 Å². The Bertz CT molecular complexity index is 475. The summed E-state index contributed by atoms with van der Waals surface area (Å²) in [6.45, 7) is 6.96. The zero-order valence-electron chi connectivity index (χ0n) is 13.8. The fourth-order valence-electron chi connectivity index (χ4n) is 2.30. The molecule has 1 fully saturated rings. The standard InChI is InChI=1S/C17H27N3O.HI/c1-4-18-17(20-12-14-9-10-14)19-11-13(2)15-7-5-6-8-16(15)21-3;/h5-8,13-14H,4,9-12H2,1-3H3,(H2,18,19,20);1H. The van der Waals surface area contributed by atoms with E-state index in [4.69, 9.17) is 9.73 Å². The summed E-state index contributed by atoms with van der Waals surface area (Å²) in [6.07, 6.45) is 2.70. The second-order valence-electron chi connectivity index (χ2n) is 5.69. The van der Waals surface area contributed by atoms with E-state index in [-0.39, 0.29) is 24.0 Å².